The average molecular weight is 238 g/mol. The Labute approximate surface area is 99.0 Å². The highest BCUT2D eigenvalue weighted by molar-refractivity contribution is 6.30. The van der Waals surface area contributed by atoms with E-state index in [0.29, 0.717) is 18.4 Å². The minimum atomic E-state index is -0.0796. The van der Waals surface area contributed by atoms with Gasteiger partial charge in [0, 0.05) is 24.7 Å². The van der Waals surface area contributed by atoms with Crippen LogP contribution in [-0.2, 0) is 11.2 Å². The summed E-state index contributed by atoms with van der Waals surface area (Å²) in [4.78, 5) is 24.5. The molecule has 16 heavy (non-hydrogen) atoms. The summed E-state index contributed by atoms with van der Waals surface area (Å²) >= 11 is 5.51. The van der Waals surface area contributed by atoms with Gasteiger partial charge in [0.25, 0.3) is 0 Å². The summed E-state index contributed by atoms with van der Waals surface area (Å²) in [6.45, 7) is 0. The third-order valence-corrected chi connectivity index (χ3v) is 3.11. The largest absolute Gasteiger partial charge is 0.315 e. The Bertz CT molecular complexity index is 456. The van der Waals surface area contributed by atoms with Crippen molar-refractivity contribution in [2.75, 3.05) is 17.8 Å². The standard InChI is InChI=1S/C12H12ClNO2/c1-14-10-4-2-9(11(15)7-13)6-8(10)3-5-12(14)16/h2,4,6H,3,5,7H2,1H3. The number of hydrogen-bond donors (Lipinski definition) is 0. The lowest BCUT2D eigenvalue weighted by atomic mass is 9.98. The van der Waals surface area contributed by atoms with Gasteiger partial charge in [-0.15, -0.1) is 11.6 Å². The predicted molar refractivity (Wildman–Crippen MR) is 63.2 cm³/mol. The van der Waals surface area contributed by atoms with Crippen LogP contribution in [0.2, 0.25) is 0 Å². The highest BCUT2D eigenvalue weighted by Gasteiger charge is 2.21. The molecule has 0 radical (unpaired) electrons. The van der Waals surface area contributed by atoms with E-state index in [0.717, 1.165) is 11.3 Å². The summed E-state index contributed by atoms with van der Waals surface area (Å²) in [6.07, 6.45) is 1.20. The highest BCUT2D eigenvalue weighted by Crippen LogP contribution is 2.27. The Morgan fingerprint density at radius 1 is 1.44 bits per heavy atom. The molecule has 0 bridgehead atoms. The molecule has 1 aliphatic rings. The summed E-state index contributed by atoms with van der Waals surface area (Å²) in [5.41, 5.74) is 2.55. The lowest BCUT2D eigenvalue weighted by Gasteiger charge is -2.25. The van der Waals surface area contributed by atoms with Crippen LogP contribution in [0, 0.1) is 0 Å². The summed E-state index contributed by atoms with van der Waals surface area (Å²) < 4.78 is 0. The minimum absolute atomic E-state index is 0.00639. The molecule has 84 valence electrons. The lowest BCUT2D eigenvalue weighted by molar-refractivity contribution is -0.118. The first-order chi connectivity index (χ1) is 7.63. The number of alkyl halides is 1. The number of anilines is 1. The third kappa shape index (κ3) is 1.83. The quantitative estimate of drug-likeness (QED) is 0.583. The van der Waals surface area contributed by atoms with Gasteiger partial charge >= 0.3 is 0 Å². The molecule has 1 aliphatic heterocycles. The van der Waals surface area contributed by atoms with Crippen LogP contribution in [0.4, 0.5) is 5.69 Å². The van der Waals surface area contributed by atoms with Gasteiger partial charge in [-0.1, -0.05) is 0 Å². The van der Waals surface area contributed by atoms with E-state index in [1.807, 2.05) is 12.1 Å². The zero-order chi connectivity index (χ0) is 11.7. The summed E-state index contributed by atoms with van der Waals surface area (Å²) in [5.74, 6) is 0.0287. The molecule has 1 heterocycles. The van der Waals surface area contributed by atoms with Gasteiger partial charge in [0.2, 0.25) is 5.91 Å². The van der Waals surface area contributed by atoms with E-state index in [2.05, 4.69) is 0 Å². The van der Waals surface area contributed by atoms with Gasteiger partial charge in [-0.25, -0.2) is 0 Å². The Morgan fingerprint density at radius 2 is 2.19 bits per heavy atom. The molecule has 0 aliphatic carbocycles. The fourth-order valence-electron chi connectivity index (χ4n) is 1.91. The molecular weight excluding hydrogens is 226 g/mol. The van der Waals surface area contributed by atoms with E-state index in [1.165, 1.54) is 0 Å². The van der Waals surface area contributed by atoms with Crippen molar-refractivity contribution in [3.8, 4) is 0 Å². The van der Waals surface area contributed by atoms with Crippen LogP contribution >= 0.6 is 11.6 Å². The second-order valence-electron chi connectivity index (χ2n) is 3.85. The van der Waals surface area contributed by atoms with E-state index < -0.39 is 0 Å². The summed E-state index contributed by atoms with van der Waals surface area (Å²) in [5, 5.41) is 0. The number of carbonyl (C=O) groups is 2. The van der Waals surface area contributed by atoms with Crippen molar-refractivity contribution in [2.24, 2.45) is 0 Å². The first-order valence-electron chi connectivity index (χ1n) is 5.12. The number of halogens is 1. The molecule has 4 heteroatoms. The molecular formula is C12H12ClNO2. The van der Waals surface area contributed by atoms with Crippen LogP contribution in [0.5, 0.6) is 0 Å². The van der Waals surface area contributed by atoms with Gasteiger partial charge in [-0.3, -0.25) is 9.59 Å². The number of benzene rings is 1. The number of aryl methyl sites for hydroxylation is 1. The van der Waals surface area contributed by atoms with E-state index in [-0.39, 0.29) is 17.6 Å². The Morgan fingerprint density at radius 3 is 2.88 bits per heavy atom. The predicted octanol–water partition coefficient (Wildman–Crippen LogP) is 2.02. The second-order valence-corrected chi connectivity index (χ2v) is 4.12. The molecule has 2 rings (SSSR count). The zero-order valence-electron chi connectivity index (χ0n) is 9.00. The Hall–Kier alpha value is -1.35. The maximum Gasteiger partial charge on any atom is 0.227 e. The van der Waals surface area contributed by atoms with Gasteiger partial charge in [0.1, 0.15) is 0 Å². The van der Waals surface area contributed by atoms with Crippen molar-refractivity contribution in [1.29, 1.82) is 0 Å². The molecule has 1 amide bonds. The smallest absolute Gasteiger partial charge is 0.227 e. The van der Waals surface area contributed by atoms with Crippen molar-refractivity contribution in [1.82, 2.24) is 0 Å². The number of rotatable bonds is 2. The van der Waals surface area contributed by atoms with Gasteiger partial charge in [-0.2, -0.15) is 0 Å². The van der Waals surface area contributed by atoms with E-state index in [1.54, 1.807) is 18.0 Å². The van der Waals surface area contributed by atoms with Crippen LogP contribution < -0.4 is 4.90 Å². The molecule has 1 aromatic rings. The maximum atomic E-state index is 11.5. The Kier molecular flexibility index (Phi) is 2.97. The summed E-state index contributed by atoms with van der Waals surface area (Å²) in [6, 6.07) is 5.37. The lowest BCUT2D eigenvalue weighted by Crippen LogP contribution is -2.31. The topological polar surface area (TPSA) is 37.4 Å². The monoisotopic (exact) mass is 237 g/mol. The van der Waals surface area contributed by atoms with Gasteiger partial charge in [0.05, 0.1) is 5.88 Å². The van der Waals surface area contributed by atoms with Gasteiger partial charge < -0.3 is 4.90 Å². The number of ketones is 1. The van der Waals surface area contributed by atoms with E-state index in [9.17, 15) is 9.59 Å². The van der Waals surface area contributed by atoms with Gasteiger partial charge in [0.15, 0.2) is 5.78 Å². The second kappa shape index (κ2) is 4.26. The van der Waals surface area contributed by atoms with Crippen molar-refractivity contribution >= 4 is 29.0 Å². The molecule has 1 aromatic carbocycles. The van der Waals surface area contributed by atoms with Crippen LogP contribution in [0.15, 0.2) is 18.2 Å². The average Bonchev–Trinajstić information content (AvgIpc) is 2.32. The number of Topliss-reactive ketones (excluding diaryl/α,β-unsaturated/α-hetero) is 1. The summed E-state index contributed by atoms with van der Waals surface area (Å²) in [7, 11) is 1.75. The highest BCUT2D eigenvalue weighted by atomic mass is 35.5. The maximum absolute atomic E-state index is 11.5. The molecule has 0 spiro atoms. The SMILES string of the molecule is CN1C(=O)CCc2cc(C(=O)CCl)ccc21. The van der Waals surface area contributed by atoms with E-state index >= 15 is 0 Å². The number of fused-ring (bicyclic) bond motifs is 1. The van der Waals surface area contributed by atoms with Crippen LogP contribution in [-0.4, -0.2) is 24.6 Å². The van der Waals surface area contributed by atoms with Crippen molar-refractivity contribution in [3.63, 3.8) is 0 Å². The molecule has 0 aromatic heterocycles. The Balaban J connectivity index is 2.41. The van der Waals surface area contributed by atoms with E-state index in [4.69, 9.17) is 11.6 Å². The van der Waals surface area contributed by atoms with Crippen LogP contribution in [0.1, 0.15) is 22.3 Å². The minimum Gasteiger partial charge on any atom is -0.315 e. The molecule has 0 atom stereocenters. The molecule has 0 fully saturated rings. The van der Waals surface area contributed by atoms with Crippen molar-refractivity contribution in [2.45, 2.75) is 12.8 Å². The first kappa shape index (κ1) is 11.1. The third-order valence-electron chi connectivity index (χ3n) is 2.87. The molecule has 0 saturated heterocycles. The molecule has 0 unspecified atom stereocenters. The number of amides is 1. The normalized spacial score (nSPS) is 14.9. The van der Waals surface area contributed by atoms with Crippen molar-refractivity contribution in [3.05, 3.63) is 29.3 Å². The fraction of sp³-hybridized carbons (Fsp3) is 0.333. The molecule has 0 saturated carbocycles. The first-order valence-corrected chi connectivity index (χ1v) is 5.65. The fourth-order valence-corrected chi connectivity index (χ4v) is 2.06. The molecule has 3 nitrogen and oxygen atoms in total. The molecule has 0 N–H and O–H groups in total. The number of nitrogens with zero attached hydrogens (tertiary/aromatic N) is 1. The van der Waals surface area contributed by atoms with Crippen LogP contribution in [0.25, 0.3) is 0 Å². The number of hydrogen-bond acceptors (Lipinski definition) is 2. The number of carbonyl (C=O) groups excluding carboxylic acids is 2. The van der Waals surface area contributed by atoms with Crippen LogP contribution in [0.3, 0.4) is 0 Å². The van der Waals surface area contributed by atoms with Crippen molar-refractivity contribution < 1.29 is 9.59 Å². The zero-order valence-corrected chi connectivity index (χ0v) is 9.75. The van der Waals surface area contributed by atoms with Gasteiger partial charge in [-0.05, 0) is 30.2 Å².